The molecule has 2 aliphatic carbocycles. The van der Waals surface area contributed by atoms with E-state index in [1.807, 2.05) is 24.3 Å². The van der Waals surface area contributed by atoms with Gasteiger partial charge >= 0.3 is 0 Å². The van der Waals surface area contributed by atoms with Crippen LogP contribution in [-0.4, -0.2) is 53.2 Å². The zero-order valence-corrected chi connectivity index (χ0v) is 22.1. The fourth-order valence-electron chi connectivity index (χ4n) is 6.55. The number of hydrogen-bond donors (Lipinski definition) is 2. The summed E-state index contributed by atoms with van der Waals surface area (Å²) in [6.07, 6.45) is 11.8. The Kier molecular flexibility index (Phi) is 7.98. The fourth-order valence-corrected chi connectivity index (χ4v) is 6.55. The third-order valence-electron chi connectivity index (χ3n) is 8.91. The lowest BCUT2D eigenvalue weighted by Crippen LogP contribution is -2.62. The maximum absolute atomic E-state index is 13.7. The van der Waals surface area contributed by atoms with Crippen molar-refractivity contribution in [1.29, 1.82) is 0 Å². The van der Waals surface area contributed by atoms with E-state index in [9.17, 15) is 14.4 Å². The number of carbonyl (C=O) groups is 3. The molecule has 0 radical (unpaired) electrons. The molecule has 2 amide bonds. The quantitative estimate of drug-likeness (QED) is 0.575. The lowest BCUT2D eigenvalue weighted by molar-refractivity contribution is -0.133. The number of hydrogen-bond acceptors (Lipinski definition) is 5. The molecule has 0 bridgehead atoms. The topological polar surface area (TPSA) is 91.6 Å². The van der Waals surface area contributed by atoms with Gasteiger partial charge < -0.3 is 15.1 Å². The third-order valence-corrected chi connectivity index (χ3v) is 8.91. The highest BCUT2D eigenvalue weighted by atomic mass is 16.3. The number of likely N-dealkylation sites (tertiary alicyclic amines) is 1. The summed E-state index contributed by atoms with van der Waals surface area (Å²) >= 11 is 0. The first-order valence-corrected chi connectivity index (χ1v) is 14.3. The molecule has 1 saturated heterocycles. The molecule has 2 saturated carbocycles. The Balaban J connectivity index is 1.26. The van der Waals surface area contributed by atoms with Gasteiger partial charge in [-0.1, -0.05) is 56.7 Å². The first-order valence-electron chi connectivity index (χ1n) is 14.3. The fraction of sp³-hybridized carbons (Fsp3) is 0.633. The lowest BCUT2D eigenvalue weighted by Gasteiger charge is -2.37. The van der Waals surface area contributed by atoms with Gasteiger partial charge in [0.25, 0.3) is 5.91 Å². The molecule has 1 aromatic heterocycles. The van der Waals surface area contributed by atoms with Crippen molar-refractivity contribution in [3.05, 3.63) is 36.1 Å². The van der Waals surface area contributed by atoms with Crippen LogP contribution in [0.4, 0.5) is 0 Å². The van der Waals surface area contributed by atoms with Crippen LogP contribution in [0, 0.1) is 5.92 Å². The van der Waals surface area contributed by atoms with Gasteiger partial charge in [0, 0.05) is 18.0 Å². The number of Topliss-reactive ketones (excluding diaryl/α,β-unsaturated/α-hetero) is 1. The van der Waals surface area contributed by atoms with Crippen molar-refractivity contribution in [2.24, 2.45) is 5.92 Å². The van der Waals surface area contributed by atoms with Gasteiger partial charge in [0.05, 0.1) is 12.6 Å². The van der Waals surface area contributed by atoms with Crippen LogP contribution in [0.5, 0.6) is 0 Å². The summed E-state index contributed by atoms with van der Waals surface area (Å²) in [7, 11) is 0. The van der Waals surface area contributed by atoms with Gasteiger partial charge in [-0.3, -0.25) is 19.3 Å². The number of furan rings is 1. The summed E-state index contributed by atoms with van der Waals surface area (Å²) in [6, 6.07) is 9.02. The third kappa shape index (κ3) is 5.92. The van der Waals surface area contributed by atoms with Crippen molar-refractivity contribution in [2.75, 3.05) is 13.1 Å². The number of para-hydroxylation sites is 1. The van der Waals surface area contributed by atoms with Crippen molar-refractivity contribution >= 4 is 28.6 Å². The molecule has 1 aliphatic heterocycles. The van der Waals surface area contributed by atoms with Crippen LogP contribution in [-0.2, 0) is 9.59 Å². The van der Waals surface area contributed by atoms with E-state index in [0.717, 1.165) is 37.6 Å². The Morgan fingerprint density at radius 2 is 1.73 bits per heavy atom. The molecule has 37 heavy (non-hydrogen) atoms. The minimum atomic E-state index is -1.02. The average Bonchev–Trinajstić information content (AvgIpc) is 3.31. The number of fused-ring (bicyclic) bond motifs is 1. The van der Waals surface area contributed by atoms with Gasteiger partial charge in [-0.05, 0) is 63.5 Å². The lowest BCUT2D eigenvalue weighted by atomic mass is 9.80. The van der Waals surface area contributed by atoms with Gasteiger partial charge in [-0.25, -0.2) is 0 Å². The van der Waals surface area contributed by atoms with E-state index >= 15 is 0 Å². The number of nitrogens with one attached hydrogen (secondary N) is 2. The molecule has 1 aromatic carbocycles. The number of ketones is 1. The second-order valence-electron chi connectivity index (χ2n) is 11.6. The minimum Gasteiger partial charge on any atom is -0.451 e. The van der Waals surface area contributed by atoms with E-state index in [1.54, 1.807) is 6.07 Å². The van der Waals surface area contributed by atoms with Gasteiger partial charge in [0.2, 0.25) is 5.91 Å². The Labute approximate surface area is 219 Å². The maximum atomic E-state index is 13.7. The minimum absolute atomic E-state index is 0.0862. The predicted molar refractivity (Wildman–Crippen MR) is 143 cm³/mol. The summed E-state index contributed by atoms with van der Waals surface area (Å²) in [6.45, 7) is 3.57. The van der Waals surface area contributed by atoms with Gasteiger partial charge in [-0.15, -0.1) is 0 Å². The highest BCUT2D eigenvalue weighted by molar-refractivity contribution is 6.01. The van der Waals surface area contributed by atoms with Crippen LogP contribution in [0.2, 0.25) is 0 Å². The second kappa shape index (κ2) is 11.4. The Hall–Kier alpha value is -2.67. The zero-order chi connectivity index (χ0) is 25.8. The van der Waals surface area contributed by atoms with Crippen molar-refractivity contribution in [2.45, 2.75) is 102 Å². The van der Waals surface area contributed by atoms with Crippen LogP contribution in [0.25, 0.3) is 11.0 Å². The van der Waals surface area contributed by atoms with Crippen LogP contribution in [0.1, 0.15) is 94.5 Å². The van der Waals surface area contributed by atoms with E-state index in [4.69, 9.17) is 4.42 Å². The first kappa shape index (κ1) is 26.0. The summed E-state index contributed by atoms with van der Waals surface area (Å²) in [5.41, 5.74) is -0.375. The zero-order valence-electron chi connectivity index (χ0n) is 22.1. The summed E-state index contributed by atoms with van der Waals surface area (Å²) in [5.74, 6) is 0.352. The molecule has 5 rings (SSSR count). The average molecular weight is 508 g/mol. The molecular weight excluding hydrogens is 466 g/mol. The largest absolute Gasteiger partial charge is 0.451 e. The highest BCUT2D eigenvalue weighted by Gasteiger charge is 2.43. The van der Waals surface area contributed by atoms with Crippen LogP contribution in [0.15, 0.2) is 34.7 Å². The molecule has 0 spiro atoms. The number of carbonyl (C=O) groups excluding carboxylic acids is 3. The molecule has 3 aliphatic rings. The Morgan fingerprint density at radius 1 is 1.00 bits per heavy atom. The normalized spacial score (nSPS) is 25.5. The monoisotopic (exact) mass is 507 g/mol. The van der Waals surface area contributed by atoms with Crippen molar-refractivity contribution in [3.8, 4) is 0 Å². The van der Waals surface area contributed by atoms with Crippen molar-refractivity contribution < 1.29 is 18.8 Å². The number of rotatable bonds is 6. The maximum Gasteiger partial charge on any atom is 0.287 e. The van der Waals surface area contributed by atoms with E-state index in [-0.39, 0.29) is 23.4 Å². The predicted octanol–water partition coefficient (Wildman–Crippen LogP) is 4.98. The molecule has 7 heteroatoms. The van der Waals surface area contributed by atoms with Gasteiger partial charge in [0.1, 0.15) is 11.1 Å². The molecule has 200 valence electrons. The van der Waals surface area contributed by atoms with Gasteiger partial charge in [0.15, 0.2) is 11.5 Å². The van der Waals surface area contributed by atoms with Crippen LogP contribution < -0.4 is 10.6 Å². The standard InChI is InChI=1S/C30H41N3O4/c1-21-14-15-24(25(34)20-33(21)19-22-10-4-2-5-11-22)31-29(36)30(16-8-3-9-17-30)32-28(35)27-18-23-12-6-7-13-26(23)37-27/h6-7,12-13,18,21-22,24H,2-5,8-11,14-17,19-20H2,1H3,(H,31,36)(H,32,35)/t21-,24+/m1/s1. The molecule has 2 atom stereocenters. The van der Waals surface area contributed by atoms with E-state index in [1.165, 1.54) is 32.1 Å². The summed E-state index contributed by atoms with van der Waals surface area (Å²) in [5, 5.41) is 6.97. The molecule has 2 aromatic rings. The number of nitrogens with zero attached hydrogens (tertiary/aromatic N) is 1. The van der Waals surface area contributed by atoms with Crippen molar-refractivity contribution in [3.63, 3.8) is 0 Å². The summed E-state index contributed by atoms with van der Waals surface area (Å²) in [4.78, 5) is 42.6. The number of amides is 2. The molecule has 0 unspecified atom stereocenters. The molecule has 3 fully saturated rings. The van der Waals surface area contributed by atoms with Gasteiger partial charge in [-0.2, -0.15) is 0 Å². The van der Waals surface area contributed by atoms with Crippen LogP contribution >= 0.6 is 0 Å². The number of benzene rings is 1. The smallest absolute Gasteiger partial charge is 0.287 e. The summed E-state index contributed by atoms with van der Waals surface area (Å²) < 4.78 is 5.76. The van der Waals surface area contributed by atoms with Crippen molar-refractivity contribution in [1.82, 2.24) is 15.5 Å². The van der Waals surface area contributed by atoms with Crippen LogP contribution in [0.3, 0.4) is 0 Å². The Bertz CT molecular complexity index is 1080. The molecular formula is C30H41N3O4. The second-order valence-corrected chi connectivity index (χ2v) is 11.6. The van der Waals surface area contributed by atoms with E-state index < -0.39 is 11.6 Å². The molecule has 7 nitrogen and oxygen atoms in total. The Morgan fingerprint density at radius 3 is 2.49 bits per heavy atom. The van der Waals surface area contributed by atoms with E-state index in [0.29, 0.717) is 43.3 Å². The first-order chi connectivity index (χ1) is 17.9. The molecule has 2 heterocycles. The van der Waals surface area contributed by atoms with E-state index in [2.05, 4.69) is 22.5 Å². The molecule has 2 N–H and O–H groups in total. The highest BCUT2D eigenvalue weighted by Crippen LogP contribution is 2.31. The SMILES string of the molecule is C[C@@H]1CC[C@H](NC(=O)C2(NC(=O)c3cc4ccccc4o3)CCCCC2)C(=O)CN1CC1CCCCC1.